The van der Waals surface area contributed by atoms with E-state index in [0.29, 0.717) is 16.9 Å². The molecule has 0 amide bonds. The monoisotopic (exact) mass is 320 g/mol. The van der Waals surface area contributed by atoms with Crippen molar-refractivity contribution in [3.8, 4) is 11.4 Å². The zero-order valence-electron chi connectivity index (χ0n) is 14.1. The van der Waals surface area contributed by atoms with Gasteiger partial charge in [0.05, 0.1) is 11.4 Å². The standard InChI is InChI=1S/C20H20N2O2/c1-14(2)18-15(3)21(16-10-6-4-7-11-16)20(24)22(19(18)23)17-12-8-5-9-13-17/h4-14H,1-3H3. The third-order valence-corrected chi connectivity index (χ3v) is 4.15. The normalized spacial score (nSPS) is 11.0. The van der Waals surface area contributed by atoms with Crippen molar-refractivity contribution in [2.75, 3.05) is 0 Å². The minimum Gasteiger partial charge on any atom is -0.268 e. The fraction of sp³-hybridized carbons (Fsp3) is 0.200. The Morgan fingerprint density at radius 2 is 1.21 bits per heavy atom. The molecule has 4 nitrogen and oxygen atoms in total. The van der Waals surface area contributed by atoms with E-state index in [-0.39, 0.29) is 17.2 Å². The van der Waals surface area contributed by atoms with Crippen molar-refractivity contribution in [3.63, 3.8) is 0 Å². The van der Waals surface area contributed by atoms with Gasteiger partial charge in [0.25, 0.3) is 5.56 Å². The van der Waals surface area contributed by atoms with Crippen LogP contribution in [0.1, 0.15) is 31.0 Å². The SMILES string of the molecule is Cc1c(C(C)C)c(=O)n(-c2ccccc2)c(=O)n1-c1ccccc1. The Morgan fingerprint density at radius 1 is 0.750 bits per heavy atom. The van der Waals surface area contributed by atoms with E-state index in [4.69, 9.17) is 0 Å². The van der Waals surface area contributed by atoms with Crippen LogP contribution in [0.2, 0.25) is 0 Å². The molecule has 0 saturated heterocycles. The molecule has 0 atom stereocenters. The van der Waals surface area contributed by atoms with Gasteiger partial charge in [0.2, 0.25) is 0 Å². The molecule has 3 aromatic rings. The lowest BCUT2D eigenvalue weighted by Crippen LogP contribution is -2.41. The van der Waals surface area contributed by atoms with Crippen LogP contribution in [0.25, 0.3) is 11.4 Å². The van der Waals surface area contributed by atoms with Gasteiger partial charge in [-0.1, -0.05) is 50.2 Å². The van der Waals surface area contributed by atoms with Crippen molar-refractivity contribution in [2.45, 2.75) is 26.7 Å². The smallest absolute Gasteiger partial charge is 0.268 e. The lowest BCUT2D eigenvalue weighted by atomic mass is 10.0. The van der Waals surface area contributed by atoms with Crippen LogP contribution in [0.3, 0.4) is 0 Å². The van der Waals surface area contributed by atoms with Gasteiger partial charge in [-0.3, -0.25) is 9.36 Å². The van der Waals surface area contributed by atoms with E-state index in [1.54, 1.807) is 16.7 Å². The number of nitrogens with zero attached hydrogens (tertiary/aromatic N) is 2. The first-order chi connectivity index (χ1) is 11.5. The summed E-state index contributed by atoms with van der Waals surface area (Å²) in [6.07, 6.45) is 0. The number of para-hydroxylation sites is 2. The van der Waals surface area contributed by atoms with Gasteiger partial charge in [0.15, 0.2) is 0 Å². The van der Waals surface area contributed by atoms with Crippen molar-refractivity contribution in [1.82, 2.24) is 9.13 Å². The molecular formula is C20H20N2O2. The number of rotatable bonds is 3. The second kappa shape index (κ2) is 6.32. The van der Waals surface area contributed by atoms with Gasteiger partial charge in [-0.25, -0.2) is 9.36 Å². The summed E-state index contributed by atoms with van der Waals surface area (Å²) in [7, 11) is 0. The molecular weight excluding hydrogens is 300 g/mol. The van der Waals surface area contributed by atoms with Gasteiger partial charge >= 0.3 is 5.69 Å². The number of benzene rings is 2. The van der Waals surface area contributed by atoms with E-state index < -0.39 is 0 Å². The van der Waals surface area contributed by atoms with Gasteiger partial charge in [-0.05, 0) is 37.1 Å². The predicted octanol–water partition coefficient (Wildman–Crippen LogP) is 3.42. The summed E-state index contributed by atoms with van der Waals surface area (Å²) >= 11 is 0. The quantitative estimate of drug-likeness (QED) is 0.742. The molecule has 122 valence electrons. The minimum atomic E-state index is -0.348. The maximum Gasteiger partial charge on any atom is 0.340 e. The highest BCUT2D eigenvalue weighted by Crippen LogP contribution is 2.17. The van der Waals surface area contributed by atoms with Crippen molar-refractivity contribution in [3.05, 3.63) is 92.8 Å². The van der Waals surface area contributed by atoms with Gasteiger partial charge in [-0.2, -0.15) is 0 Å². The number of aromatic nitrogens is 2. The van der Waals surface area contributed by atoms with Crippen LogP contribution in [0.15, 0.2) is 70.3 Å². The predicted molar refractivity (Wildman–Crippen MR) is 96.5 cm³/mol. The molecule has 3 rings (SSSR count). The molecule has 0 unspecified atom stereocenters. The summed E-state index contributed by atoms with van der Waals surface area (Å²) in [5.74, 6) is 0.0167. The van der Waals surface area contributed by atoms with Crippen LogP contribution >= 0.6 is 0 Å². The third kappa shape index (κ3) is 2.60. The first-order valence-electron chi connectivity index (χ1n) is 8.01. The highest BCUT2D eigenvalue weighted by Gasteiger charge is 2.20. The molecule has 0 spiro atoms. The molecule has 24 heavy (non-hydrogen) atoms. The van der Waals surface area contributed by atoms with E-state index in [1.165, 1.54) is 4.57 Å². The summed E-state index contributed by atoms with van der Waals surface area (Å²) in [6, 6.07) is 18.5. The van der Waals surface area contributed by atoms with Gasteiger partial charge in [-0.15, -0.1) is 0 Å². The Kier molecular flexibility index (Phi) is 4.21. The summed E-state index contributed by atoms with van der Waals surface area (Å²) in [5, 5.41) is 0. The molecule has 0 aliphatic rings. The first-order valence-corrected chi connectivity index (χ1v) is 8.01. The maximum absolute atomic E-state index is 13.1. The summed E-state index contributed by atoms with van der Waals surface area (Å²) in [4.78, 5) is 26.1. The molecule has 0 bridgehead atoms. The Morgan fingerprint density at radius 3 is 1.67 bits per heavy atom. The third-order valence-electron chi connectivity index (χ3n) is 4.15. The van der Waals surface area contributed by atoms with E-state index in [0.717, 1.165) is 5.69 Å². The van der Waals surface area contributed by atoms with Gasteiger partial charge in [0.1, 0.15) is 0 Å². The van der Waals surface area contributed by atoms with E-state index >= 15 is 0 Å². The fourth-order valence-electron chi connectivity index (χ4n) is 3.08. The van der Waals surface area contributed by atoms with Crippen LogP contribution in [0.4, 0.5) is 0 Å². The lowest BCUT2D eigenvalue weighted by molar-refractivity contribution is 0.713. The Labute approximate surface area is 140 Å². The van der Waals surface area contributed by atoms with Crippen LogP contribution in [0, 0.1) is 6.92 Å². The highest BCUT2D eigenvalue weighted by molar-refractivity contribution is 5.39. The van der Waals surface area contributed by atoms with Crippen molar-refractivity contribution < 1.29 is 0 Å². The molecule has 0 radical (unpaired) electrons. The molecule has 1 heterocycles. The van der Waals surface area contributed by atoms with E-state index in [9.17, 15) is 9.59 Å². The van der Waals surface area contributed by atoms with E-state index in [1.807, 2.05) is 69.3 Å². The molecule has 0 aliphatic heterocycles. The summed E-state index contributed by atoms with van der Waals surface area (Å²) < 4.78 is 2.87. The van der Waals surface area contributed by atoms with Crippen LogP contribution < -0.4 is 11.2 Å². The first kappa shape index (κ1) is 16.0. The zero-order valence-corrected chi connectivity index (χ0v) is 14.1. The Bertz CT molecular complexity index is 968. The average Bonchev–Trinajstić information content (AvgIpc) is 2.56. The minimum absolute atomic E-state index is 0.0167. The van der Waals surface area contributed by atoms with Crippen LogP contribution in [-0.4, -0.2) is 9.13 Å². The largest absolute Gasteiger partial charge is 0.340 e. The molecule has 0 aliphatic carbocycles. The fourth-order valence-corrected chi connectivity index (χ4v) is 3.08. The van der Waals surface area contributed by atoms with Crippen molar-refractivity contribution in [2.24, 2.45) is 0 Å². The zero-order chi connectivity index (χ0) is 17.3. The maximum atomic E-state index is 13.1. The summed E-state index contributed by atoms with van der Waals surface area (Å²) in [5.41, 5.74) is 2.09. The Hall–Kier alpha value is -2.88. The average molecular weight is 320 g/mol. The molecule has 0 N–H and O–H groups in total. The molecule has 4 heteroatoms. The Balaban J connectivity index is 2.46. The number of hydrogen-bond donors (Lipinski definition) is 0. The van der Waals surface area contributed by atoms with Gasteiger partial charge in [0, 0.05) is 11.3 Å². The van der Waals surface area contributed by atoms with Crippen LogP contribution in [0.5, 0.6) is 0 Å². The summed E-state index contributed by atoms with van der Waals surface area (Å²) in [6.45, 7) is 5.78. The van der Waals surface area contributed by atoms with Crippen molar-refractivity contribution >= 4 is 0 Å². The molecule has 1 aromatic heterocycles. The molecule has 2 aromatic carbocycles. The second-order valence-electron chi connectivity index (χ2n) is 6.08. The number of hydrogen-bond acceptors (Lipinski definition) is 2. The van der Waals surface area contributed by atoms with Crippen molar-refractivity contribution in [1.29, 1.82) is 0 Å². The van der Waals surface area contributed by atoms with Gasteiger partial charge < -0.3 is 0 Å². The topological polar surface area (TPSA) is 44.0 Å². The highest BCUT2D eigenvalue weighted by atomic mass is 16.2. The second-order valence-corrected chi connectivity index (χ2v) is 6.08. The van der Waals surface area contributed by atoms with Crippen LogP contribution in [-0.2, 0) is 0 Å². The molecule has 0 saturated carbocycles. The molecule has 0 fully saturated rings. The lowest BCUT2D eigenvalue weighted by Gasteiger charge is -2.19. The van der Waals surface area contributed by atoms with E-state index in [2.05, 4.69) is 0 Å².